The number of aryl methyl sites for hydroxylation is 1. The van der Waals surface area contributed by atoms with Gasteiger partial charge in [-0.2, -0.15) is 0 Å². The van der Waals surface area contributed by atoms with Crippen LogP contribution in [0.1, 0.15) is 10.5 Å². The van der Waals surface area contributed by atoms with E-state index in [1.54, 1.807) is 23.7 Å². The number of amides is 1. The van der Waals surface area contributed by atoms with Gasteiger partial charge in [-0.1, -0.05) is 11.2 Å². The zero-order chi connectivity index (χ0) is 13.4. The van der Waals surface area contributed by atoms with Crippen LogP contribution in [-0.2, 0) is 7.05 Å². The third kappa shape index (κ3) is 1.87. The standard InChI is InChI=1S/C13H10FN3O2/c1-17-10-4-2-3-9(14)8(10)7-11(17)13(18)15-12-5-6-19-16-12/h2-7H,1H3,(H,15,16,18). The number of nitrogens with zero attached hydrogens (tertiary/aromatic N) is 2. The molecule has 0 saturated heterocycles. The number of benzene rings is 1. The molecule has 3 aromatic rings. The Morgan fingerprint density at radius 2 is 2.26 bits per heavy atom. The molecule has 1 amide bonds. The van der Waals surface area contributed by atoms with Crippen LogP contribution in [0.3, 0.4) is 0 Å². The molecule has 2 aromatic heterocycles. The number of nitrogens with one attached hydrogen (secondary N) is 1. The first-order chi connectivity index (χ1) is 9.16. The second kappa shape index (κ2) is 4.24. The lowest BCUT2D eigenvalue weighted by atomic mass is 10.2. The fraction of sp³-hybridized carbons (Fsp3) is 0.0769. The van der Waals surface area contributed by atoms with Crippen LogP contribution in [0.5, 0.6) is 0 Å². The van der Waals surface area contributed by atoms with Gasteiger partial charge in [-0.05, 0) is 18.2 Å². The molecule has 19 heavy (non-hydrogen) atoms. The highest BCUT2D eigenvalue weighted by atomic mass is 19.1. The molecule has 5 nitrogen and oxygen atoms in total. The van der Waals surface area contributed by atoms with E-state index in [0.717, 1.165) is 0 Å². The normalized spacial score (nSPS) is 10.8. The number of hydrogen-bond donors (Lipinski definition) is 1. The molecule has 96 valence electrons. The van der Waals surface area contributed by atoms with Crippen molar-refractivity contribution in [1.82, 2.24) is 9.72 Å². The molecule has 1 aromatic carbocycles. The summed E-state index contributed by atoms with van der Waals surface area (Å²) in [5.74, 6) is -0.406. The van der Waals surface area contributed by atoms with Crippen LogP contribution in [0.25, 0.3) is 10.9 Å². The van der Waals surface area contributed by atoms with Crippen molar-refractivity contribution in [1.29, 1.82) is 0 Å². The van der Waals surface area contributed by atoms with Gasteiger partial charge in [-0.3, -0.25) is 4.79 Å². The Labute approximate surface area is 107 Å². The predicted octanol–water partition coefficient (Wildman–Crippen LogP) is 2.56. The smallest absolute Gasteiger partial charge is 0.273 e. The van der Waals surface area contributed by atoms with E-state index >= 15 is 0 Å². The molecule has 0 aliphatic heterocycles. The van der Waals surface area contributed by atoms with E-state index in [2.05, 4.69) is 15.0 Å². The Morgan fingerprint density at radius 3 is 2.95 bits per heavy atom. The highest BCUT2D eigenvalue weighted by Gasteiger charge is 2.16. The van der Waals surface area contributed by atoms with Crippen LogP contribution >= 0.6 is 0 Å². The molecule has 6 heteroatoms. The highest BCUT2D eigenvalue weighted by molar-refractivity contribution is 6.06. The second-order valence-corrected chi connectivity index (χ2v) is 4.10. The van der Waals surface area contributed by atoms with E-state index in [0.29, 0.717) is 22.4 Å². The van der Waals surface area contributed by atoms with Crippen molar-refractivity contribution in [3.8, 4) is 0 Å². The zero-order valence-corrected chi connectivity index (χ0v) is 10.1. The van der Waals surface area contributed by atoms with Gasteiger partial charge in [0, 0.05) is 18.5 Å². The molecule has 0 bridgehead atoms. The monoisotopic (exact) mass is 259 g/mol. The average molecular weight is 259 g/mol. The lowest BCUT2D eigenvalue weighted by Crippen LogP contribution is -2.15. The number of hydrogen-bond acceptors (Lipinski definition) is 3. The number of halogens is 1. The van der Waals surface area contributed by atoms with Crippen LogP contribution in [0.15, 0.2) is 41.1 Å². The van der Waals surface area contributed by atoms with Crippen LogP contribution < -0.4 is 5.32 Å². The van der Waals surface area contributed by atoms with Crippen molar-refractivity contribution in [2.75, 3.05) is 5.32 Å². The summed E-state index contributed by atoms with van der Waals surface area (Å²) in [5.41, 5.74) is 1.01. The second-order valence-electron chi connectivity index (χ2n) is 4.10. The van der Waals surface area contributed by atoms with Crippen molar-refractivity contribution in [3.63, 3.8) is 0 Å². The molecule has 0 fully saturated rings. The molecule has 0 saturated carbocycles. The van der Waals surface area contributed by atoms with Crippen LogP contribution in [0.4, 0.5) is 10.2 Å². The van der Waals surface area contributed by atoms with Gasteiger partial charge in [-0.25, -0.2) is 4.39 Å². The molecule has 1 N–H and O–H groups in total. The lowest BCUT2D eigenvalue weighted by molar-refractivity contribution is 0.101. The Hall–Kier alpha value is -2.63. The van der Waals surface area contributed by atoms with Gasteiger partial charge in [0.2, 0.25) is 0 Å². The van der Waals surface area contributed by atoms with Crippen molar-refractivity contribution >= 4 is 22.6 Å². The van der Waals surface area contributed by atoms with E-state index in [1.165, 1.54) is 24.5 Å². The molecular formula is C13H10FN3O2. The summed E-state index contributed by atoms with van der Waals surface area (Å²) in [7, 11) is 1.71. The maximum absolute atomic E-state index is 13.6. The summed E-state index contributed by atoms with van der Waals surface area (Å²) in [6, 6.07) is 7.77. The maximum Gasteiger partial charge on any atom is 0.273 e. The van der Waals surface area contributed by atoms with Crippen LogP contribution in [0, 0.1) is 5.82 Å². The molecule has 0 spiro atoms. The first-order valence-electron chi connectivity index (χ1n) is 5.62. The SMILES string of the molecule is Cn1c(C(=O)Nc2ccon2)cc2c(F)cccc21. The van der Waals surface area contributed by atoms with Crippen LogP contribution in [0.2, 0.25) is 0 Å². The topological polar surface area (TPSA) is 60.1 Å². The van der Waals surface area contributed by atoms with Gasteiger partial charge in [0.05, 0.1) is 5.52 Å². The fourth-order valence-corrected chi connectivity index (χ4v) is 2.00. The minimum absolute atomic E-state index is 0.315. The minimum atomic E-state index is -0.369. The number of rotatable bonds is 2. The van der Waals surface area contributed by atoms with E-state index in [4.69, 9.17) is 0 Å². The first kappa shape index (κ1) is 11.5. The molecule has 0 unspecified atom stereocenters. The van der Waals surface area contributed by atoms with Gasteiger partial charge >= 0.3 is 0 Å². The fourth-order valence-electron chi connectivity index (χ4n) is 2.00. The predicted molar refractivity (Wildman–Crippen MR) is 67.3 cm³/mol. The van der Waals surface area contributed by atoms with Gasteiger partial charge in [0.25, 0.3) is 5.91 Å². The van der Waals surface area contributed by atoms with Gasteiger partial charge in [0.1, 0.15) is 17.8 Å². The lowest BCUT2D eigenvalue weighted by Gasteiger charge is -2.03. The molecule has 0 aliphatic carbocycles. The number of aromatic nitrogens is 2. The van der Waals surface area contributed by atoms with E-state index in [1.807, 2.05) is 0 Å². The Kier molecular flexibility index (Phi) is 2.56. The van der Waals surface area contributed by atoms with E-state index in [-0.39, 0.29) is 11.7 Å². The van der Waals surface area contributed by atoms with E-state index < -0.39 is 0 Å². The van der Waals surface area contributed by atoms with Gasteiger partial charge in [-0.15, -0.1) is 0 Å². The zero-order valence-electron chi connectivity index (χ0n) is 10.1. The summed E-state index contributed by atoms with van der Waals surface area (Å²) in [6.45, 7) is 0. The van der Waals surface area contributed by atoms with Crippen molar-refractivity contribution in [2.24, 2.45) is 7.05 Å². The summed E-state index contributed by atoms with van der Waals surface area (Å²) in [4.78, 5) is 12.1. The molecule has 0 radical (unpaired) electrons. The molecular weight excluding hydrogens is 249 g/mol. The van der Waals surface area contributed by atoms with Crippen molar-refractivity contribution in [2.45, 2.75) is 0 Å². The number of fused-ring (bicyclic) bond motifs is 1. The Balaban J connectivity index is 2.03. The largest absolute Gasteiger partial charge is 0.363 e. The number of anilines is 1. The van der Waals surface area contributed by atoms with Gasteiger partial charge < -0.3 is 14.4 Å². The Bertz CT molecular complexity index is 747. The summed E-state index contributed by atoms with van der Waals surface area (Å²) < 4.78 is 19.9. The average Bonchev–Trinajstić information content (AvgIpc) is 2.99. The number of carbonyl (C=O) groups excluding carboxylic acids is 1. The molecule has 2 heterocycles. The molecule has 3 rings (SSSR count). The molecule has 0 atom stereocenters. The van der Waals surface area contributed by atoms with Crippen molar-refractivity contribution in [3.05, 3.63) is 48.1 Å². The van der Waals surface area contributed by atoms with Crippen LogP contribution in [-0.4, -0.2) is 15.6 Å². The highest BCUT2D eigenvalue weighted by Crippen LogP contribution is 2.22. The van der Waals surface area contributed by atoms with E-state index in [9.17, 15) is 9.18 Å². The first-order valence-corrected chi connectivity index (χ1v) is 5.62. The third-order valence-electron chi connectivity index (χ3n) is 2.95. The summed E-state index contributed by atoms with van der Waals surface area (Å²) in [6.07, 6.45) is 1.36. The summed E-state index contributed by atoms with van der Waals surface area (Å²) >= 11 is 0. The Morgan fingerprint density at radius 1 is 1.42 bits per heavy atom. The summed E-state index contributed by atoms with van der Waals surface area (Å²) in [5, 5.41) is 6.58. The third-order valence-corrected chi connectivity index (χ3v) is 2.95. The minimum Gasteiger partial charge on any atom is -0.363 e. The molecule has 0 aliphatic rings. The number of carbonyl (C=O) groups is 1. The maximum atomic E-state index is 13.6. The van der Waals surface area contributed by atoms with Gasteiger partial charge in [0.15, 0.2) is 5.82 Å². The quantitative estimate of drug-likeness (QED) is 0.769. The van der Waals surface area contributed by atoms with Crippen molar-refractivity contribution < 1.29 is 13.7 Å².